The van der Waals surface area contributed by atoms with E-state index in [-0.39, 0.29) is 57.3 Å². The Labute approximate surface area is 284 Å². The fourth-order valence-electron chi connectivity index (χ4n) is 4.69. The van der Waals surface area contributed by atoms with Gasteiger partial charge in [0.2, 0.25) is 5.96 Å². The van der Waals surface area contributed by atoms with E-state index in [1.54, 1.807) is 36.6 Å². The molecule has 9 atom stereocenters. The lowest BCUT2D eigenvalue weighted by atomic mass is 10.0. The lowest BCUT2D eigenvalue weighted by Crippen LogP contribution is -2.22. The lowest BCUT2D eigenvalue weighted by Gasteiger charge is -2.17. The zero-order chi connectivity index (χ0) is 35.7. The Morgan fingerprint density at radius 3 is 1.71 bits per heavy atom. The first kappa shape index (κ1) is 43.2. The highest BCUT2D eigenvalue weighted by Crippen LogP contribution is 2.13. The summed E-state index contributed by atoms with van der Waals surface area (Å²) in [5, 5.41) is 90.6. The van der Waals surface area contributed by atoms with Gasteiger partial charge in [-0.1, -0.05) is 49.4 Å². The Bertz CT molecular complexity index is 1100. The van der Waals surface area contributed by atoms with Gasteiger partial charge >= 0.3 is 0 Å². The fraction of sp³-hybridized carbons (Fsp3) is 0.629. The molecule has 0 amide bonds. The summed E-state index contributed by atoms with van der Waals surface area (Å²) in [6.45, 7) is 2.20. The standard InChI is InChI=1S/C35H58N4O9/c1-2-26(40)19-27(41)10-5-14-31(45)22-34(48)23-32(46)15-7-13-29(43)20-28(42)11-6-12-30(44)21-33(47)16-8-18-38-35(36)39-24-25-9-3-4-17-37-25/h3-7,9-11,15,17,24,26-34,40-48H,2,8,12-14,16,18-23H2,1H3,(H2,36,38)/b10-5+,11-6+,15-7+,39-24+. The fourth-order valence-corrected chi connectivity index (χ4v) is 4.69. The summed E-state index contributed by atoms with van der Waals surface area (Å²) in [5.74, 6) is 0.116. The Balaban J connectivity index is 2.22. The SMILES string of the molecule is CCC(O)CC(O)/C=C/CC(O)CC(O)CC(O)/C=C/CC(O)CC(O)/C=C/CC(O)CC(O)CCCN=C(N)/N=C/c1ccccn1. The van der Waals surface area contributed by atoms with Crippen LogP contribution in [-0.2, 0) is 0 Å². The van der Waals surface area contributed by atoms with E-state index in [0.717, 1.165) is 0 Å². The summed E-state index contributed by atoms with van der Waals surface area (Å²) in [6, 6.07) is 5.42. The molecule has 0 aliphatic heterocycles. The number of hydrogen-bond donors (Lipinski definition) is 10. The number of aromatic nitrogens is 1. The number of aliphatic hydroxyl groups is 9. The summed E-state index contributed by atoms with van der Waals surface area (Å²) in [6.07, 6.45) is 7.34. The highest BCUT2D eigenvalue weighted by molar-refractivity contribution is 5.91. The van der Waals surface area contributed by atoms with Crippen LogP contribution in [0.25, 0.3) is 0 Å². The second kappa shape index (κ2) is 26.1. The van der Waals surface area contributed by atoms with E-state index >= 15 is 0 Å². The molecule has 0 fully saturated rings. The first-order chi connectivity index (χ1) is 22.9. The number of aliphatic imine (C=N–C) groups is 2. The van der Waals surface area contributed by atoms with E-state index in [9.17, 15) is 46.0 Å². The molecule has 0 spiro atoms. The molecule has 48 heavy (non-hydrogen) atoms. The van der Waals surface area contributed by atoms with Crippen molar-refractivity contribution in [1.29, 1.82) is 0 Å². The number of rotatable bonds is 25. The molecular formula is C35H58N4O9. The van der Waals surface area contributed by atoms with Crippen molar-refractivity contribution in [2.24, 2.45) is 15.7 Å². The van der Waals surface area contributed by atoms with Crippen LogP contribution in [0.2, 0.25) is 0 Å². The van der Waals surface area contributed by atoms with E-state index < -0.39 is 54.9 Å². The minimum Gasteiger partial charge on any atom is -0.393 e. The zero-order valence-corrected chi connectivity index (χ0v) is 28.0. The van der Waals surface area contributed by atoms with Gasteiger partial charge < -0.3 is 51.7 Å². The molecule has 13 nitrogen and oxygen atoms in total. The van der Waals surface area contributed by atoms with Crippen LogP contribution in [0.1, 0.15) is 83.2 Å². The van der Waals surface area contributed by atoms with Gasteiger partial charge in [0.05, 0.1) is 66.8 Å². The van der Waals surface area contributed by atoms with E-state index in [4.69, 9.17) is 5.73 Å². The summed E-state index contributed by atoms with van der Waals surface area (Å²) < 4.78 is 0. The Hall–Kier alpha value is -2.85. The summed E-state index contributed by atoms with van der Waals surface area (Å²) in [7, 11) is 0. The molecule has 0 saturated carbocycles. The van der Waals surface area contributed by atoms with Crippen molar-refractivity contribution in [2.45, 2.75) is 132 Å². The minimum absolute atomic E-state index is 0.00793. The third kappa shape index (κ3) is 23.5. The van der Waals surface area contributed by atoms with Gasteiger partial charge in [0.15, 0.2) is 0 Å². The van der Waals surface area contributed by atoms with Crippen molar-refractivity contribution in [3.05, 3.63) is 66.5 Å². The van der Waals surface area contributed by atoms with Crippen molar-refractivity contribution in [3.63, 3.8) is 0 Å². The topological polar surface area (TPSA) is 246 Å². The molecule has 13 heteroatoms. The largest absolute Gasteiger partial charge is 0.393 e. The average molecular weight is 679 g/mol. The molecule has 0 bridgehead atoms. The van der Waals surface area contributed by atoms with Gasteiger partial charge in [-0.25, -0.2) is 4.99 Å². The molecule has 272 valence electrons. The van der Waals surface area contributed by atoms with Crippen molar-refractivity contribution < 1.29 is 46.0 Å². The van der Waals surface area contributed by atoms with Crippen LogP contribution >= 0.6 is 0 Å². The van der Waals surface area contributed by atoms with E-state index in [1.807, 2.05) is 13.0 Å². The van der Waals surface area contributed by atoms with E-state index in [1.165, 1.54) is 24.4 Å². The molecule has 0 aliphatic carbocycles. The van der Waals surface area contributed by atoms with Crippen LogP contribution in [0.4, 0.5) is 0 Å². The molecule has 0 aliphatic rings. The van der Waals surface area contributed by atoms with Crippen molar-refractivity contribution >= 4 is 12.2 Å². The van der Waals surface area contributed by atoms with Gasteiger partial charge in [-0.05, 0) is 63.5 Å². The zero-order valence-electron chi connectivity index (χ0n) is 28.0. The Morgan fingerprint density at radius 2 is 1.19 bits per heavy atom. The first-order valence-corrected chi connectivity index (χ1v) is 16.7. The summed E-state index contributed by atoms with van der Waals surface area (Å²) in [4.78, 5) is 12.3. The van der Waals surface area contributed by atoms with Gasteiger partial charge in [0.25, 0.3) is 0 Å². The number of guanidine groups is 1. The van der Waals surface area contributed by atoms with Crippen LogP contribution in [0, 0.1) is 0 Å². The van der Waals surface area contributed by atoms with Crippen molar-refractivity contribution in [2.75, 3.05) is 6.54 Å². The maximum absolute atomic E-state index is 10.2. The first-order valence-electron chi connectivity index (χ1n) is 16.7. The van der Waals surface area contributed by atoms with Crippen LogP contribution < -0.4 is 5.73 Å². The highest BCUT2D eigenvalue weighted by atomic mass is 16.3. The molecule has 1 aromatic heterocycles. The number of nitrogens with two attached hydrogens (primary N) is 1. The maximum Gasteiger partial charge on any atom is 0.215 e. The third-order valence-corrected chi connectivity index (χ3v) is 7.39. The Kier molecular flexibility index (Phi) is 23.5. The van der Waals surface area contributed by atoms with Crippen molar-refractivity contribution in [3.8, 4) is 0 Å². The quantitative estimate of drug-likeness (QED) is 0.0303. The molecule has 9 unspecified atom stereocenters. The number of nitrogens with zero attached hydrogens (tertiary/aromatic N) is 3. The smallest absolute Gasteiger partial charge is 0.215 e. The predicted molar refractivity (Wildman–Crippen MR) is 186 cm³/mol. The molecule has 1 rings (SSSR count). The van der Waals surface area contributed by atoms with Gasteiger partial charge in [-0.15, -0.1) is 0 Å². The monoisotopic (exact) mass is 678 g/mol. The lowest BCUT2D eigenvalue weighted by molar-refractivity contribution is 0.0523. The van der Waals surface area contributed by atoms with E-state index in [0.29, 0.717) is 31.5 Å². The molecule has 0 saturated heterocycles. The van der Waals surface area contributed by atoms with Crippen LogP contribution in [-0.4, -0.2) is 125 Å². The highest BCUT2D eigenvalue weighted by Gasteiger charge is 2.16. The van der Waals surface area contributed by atoms with Crippen LogP contribution in [0.15, 0.2) is 70.8 Å². The molecule has 1 heterocycles. The summed E-state index contributed by atoms with van der Waals surface area (Å²) in [5.41, 5.74) is 6.42. The molecule has 0 aromatic carbocycles. The number of hydrogen-bond acceptors (Lipinski definition) is 11. The Morgan fingerprint density at radius 1 is 0.688 bits per heavy atom. The second-order valence-electron chi connectivity index (χ2n) is 12.1. The number of pyridine rings is 1. The van der Waals surface area contributed by atoms with Crippen LogP contribution in [0.5, 0.6) is 0 Å². The predicted octanol–water partition coefficient (Wildman–Crippen LogP) is 1.04. The number of aliphatic hydroxyl groups excluding tert-OH is 9. The van der Waals surface area contributed by atoms with E-state index in [2.05, 4.69) is 15.0 Å². The molecular weight excluding hydrogens is 620 g/mol. The molecule has 0 radical (unpaired) electrons. The second-order valence-corrected chi connectivity index (χ2v) is 12.1. The van der Waals surface area contributed by atoms with Gasteiger partial charge in [-0.2, -0.15) is 0 Å². The summed E-state index contributed by atoms with van der Waals surface area (Å²) >= 11 is 0. The van der Waals surface area contributed by atoms with Gasteiger partial charge in [-0.3, -0.25) is 9.98 Å². The third-order valence-electron chi connectivity index (χ3n) is 7.39. The van der Waals surface area contributed by atoms with Crippen molar-refractivity contribution in [1.82, 2.24) is 4.98 Å². The average Bonchev–Trinajstić information content (AvgIpc) is 3.02. The van der Waals surface area contributed by atoms with Gasteiger partial charge in [0.1, 0.15) is 0 Å². The normalized spacial score (nSPS) is 18.8. The molecule has 1 aromatic rings. The van der Waals surface area contributed by atoms with Crippen LogP contribution in [0.3, 0.4) is 0 Å². The molecule has 11 N–H and O–H groups in total. The maximum atomic E-state index is 10.2. The van der Waals surface area contributed by atoms with Gasteiger partial charge in [0, 0.05) is 32.0 Å². The minimum atomic E-state index is -0.989.